The highest BCUT2D eigenvalue weighted by Gasteiger charge is 2.05. The van der Waals surface area contributed by atoms with Gasteiger partial charge in [0.1, 0.15) is 5.82 Å². The summed E-state index contributed by atoms with van der Waals surface area (Å²) in [5.41, 5.74) is 8.58. The van der Waals surface area contributed by atoms with Crippen LogP contribution >= 0.6 is 0 Å². The van der Waals surface area contributed by atoms with Gasteiger partial charge in [-0.05, 0) is 35.9 Å². The summed E-state index contributed by atoms with van der Waals surface area (Å²) in [7, 11) is 0. The van der Waals surface area contributed by atoms with Crippen LogP contribution in [0.1, 0.15) is 21.7 Å². The molecule has 0 fully saturated rings. The quantitative estimate of drug-likeness (QED) is 0.767. The highest BCUT2D eigenvalue weighted by Crippen LogP contribution is 2.15. The number of aromatic nitrogens is 3. The Morgan fingerprint density at radius 1 is 1.14 bits per heavy atom. The number of nitrogens with zero attached hydrogens (tertiary/aromatic N) is 2. The van der Waals surface area contributed by atoms with Gasteiger partial charge in [-0.1, -0.05) is 12.1 Å². The highest BCUT2D eigenvalue weighted by molar-refractivity contribution is 5.92. The standard InChI is InChI=1S/C16H14N4O/c17-16(21)12-5-3-11(4-6-12)10-15-19-9-7-14(20-15)13-2-1-8-18-13/h1-9,18H,10H2,(H2,17,21). The van der Waals surface area contributed by atoms with Crippen molar-refractivity contribution in [1.82, 2.24) is 15.0 Å². The maximum Gasteiger partial charge on any atom is 0.248 e. The number of benzene rings is 1. The largest absolute Gasteiger partial charge is 0.366 e. The zero-order valence-electron chi connectivity index (χ0n) is 11.3. The van der Waals surface area contributed by atoms with E-state index in [4.69, 9.17) is 5.73 Å². The number of primary amides is 1. The van der Waals surface area contributed by atoms with Crippen LogP contribution in [0, 0.1) is 0 Å². The van der Waals surface area contributed by atoms with Gasteiger partial charge in [-0.2, -0.15) is 0 Å². The highest BCUT2D eigenvalue weighted by atomic mass is 16.1. The number of hydrogen-bond acceptors (Lipinski definition) is 3. The zero-order chi connectivity index (χ0) is 14.7. The van der Waals surface area contributed by atoms with Gasteiger partial charge in [-0.25, -0.2) is 9.97 Å². The van der Waals surface area contributed by atoms with Gasteiger partial charge in [-0.15, -0.1) is 0 Å². The molecule has 0 aliphatic carbocycles. The van der Waals surface area contributed by atoms with Crippen molar-refractivity contribution >= 4 is 5.91 Å². The van der Waals surface area contributed by atoms with E-state index in [0.717, 1.165) is 22.8 Å². The van der Waals surface area contributed by atoms with Crippen molar-refractivity contribution in [2.24, 2.45) is 5.73 Å². The molecular weight excluding hydrogens is 264 g/mol. The van der Waals surface area contributed by atoms with Crippen molar-refractivity contribution in [1.29, 1.82) is 0 Å². The molecule has 3 aromatic rings. The molecule has 0 unspecified atom stereocenters. The number of hydrogen-bond donors (Lipinski definition) is 2. The zero-order valence-corrected chi connectivity index (χ0v) is 11.3. The SMILES string of the molecule is NC(=O)c1ccc(Cc2nccc(-c3ccc[nH]3)n2)cc1. The Morgan fingerprint density at radius 2 is 1.95 bits per heavy atom. The number of rotatable bonds is 4. The van der Waals surface area contributed by atoms with Crippen LogP contribution in [0.5, 0.6) is 0 Å². The molecule has 0 radical (unpaired) electrons. The average Bonchev–Trinajstić information content (AvgIpc) is 3.02. The third-order valence-corrected chi connectivity index (χ3v) is 3.18. The molecule has 5 nitrogen and oxygen atoms in total. The molecule has 0 atom stereocenters. The number of nitrogens with one attached hydrogen (secondary N) is 1. The topological polar surface area (TPSA) is 84.7 Å². The molecule has 2 heterocycles. The second-order valence-electron chi connectivity index (χ2n) is 4.68. The lowest BCUT2D eigenvalue weighted by atomic mass is 10.1. The normalized spacial score (nSPS) is 10.5. The number of amides is 1. The van der Waals surface area contributed by atoms with Gasteiger partial charge in [0.05, 0.1) is 11.4 Å². The van der Waals surface area contributed by atoms with E-state index in [0.29, 0.717) is 12.0 Å². The molecule has 2 aromatic heterocycles. The lowest BCUT2D eigenvalue weighted by Crippen LogP contribution is -2.10. The molecule has 5 heteroatoms. The van der Waals surface area contributed by atoms with Gasteiger partial charge in [-0.3, -0.25) is 4.79 Å². The lowest BCUT2D eigenvalue weighted by Gasteiger charge is -2.04. The van der Waals surface area contributed by atoms with Crippen LogP contribution in [0.25, 0.3) is 11.4 Å². The molecule has 0 saturated heterocycles. The lowest BCUT2D eigenvalue weighted by molar-refractivity contribution is 0.100. The smallest absolute Gasteiger partial charge is 0.248 e. The summed E-state index contributed by atoms with van der Waals surface area (Å²) in [6.45, 7) is 0. The van der Waals surface area contributed by atoms with Crippen LogP contribution in [-0.4, -0.2) is 20.9 Å². The van der Waals surface area contributed by atoms with E-state index in [1.807, 2.05) is 36.5 Å². The molecule has 104 valence electrons. The predicted molar refractivity (Wildman–Crippen MR) is 79.6 cm³/mol. The minimum absolute atomic E-state index is 0.424. The van der Waals surface area contributed by atoms with E-state index < -0.39 is 5.91 Å². The van der Waals surface area contributed by atoms with Crippen molar-refractivity contribution in [3.63, 3.8) is 0 Å². The minimum Gasteiger partial charge on any atom is -0.366 e. The van der Waals surface area contributed by atoms with Gasteiger partial charge in [0.15, 0.2) is 0 Å². The Kier molecular flexibility index (Phi) is 3.47. The number of carbonyl (C=O) groups excluding carboxylic acids is 1. The molecule has 1 aromatic carbocycles. The first kappa shape index (κ1) is 13.1. The van der Waals surface area contributed by atoms with Crippen molar-refractivity contribution in [3.05, 3.63) is 71.8 Å². The Labute approximate surface area is 121 Å². The van der Waals surface area contributed by atoms with Gasteiger partial charge < -0.3 is 10.7 Å². The van der Waals surface area contributed by atoms with Crippen molar-refractivity contribution in [3.8, 4) is 11.4 Å². The fourth-order valence-electron chi connectivity index (χ4n) is 2.09. The molecular formula is C16H14N4O. The van der Waals surface area contributed by atoms with Crippen molar-refractivity contribution < 1.29 is 4.79 Å². The maximum absolute atomic E-state index is 11.0. The van der Waals surface area contributed by atoms with Crippen LogP contribution in [0.3, 0.4) is 0 Å². The predicted octanol–water partition coefficient (Wildman–Crippen LogP) is 2.16. The minimum atomic E-state index is -0.424. The number of H-pyrrole nitrogens is 1. The van der Waals surface area contributed by atoms with Crippen LogP contribution in [0.15, 0.2) is 54.9 Å². The fourth-order valence-corrected chi connectivity index (χ4v) is 2.09. The number of aromatic amines is 1. The Balaban J connectivity index is 1.81. The summed E-state index contributed by atoms with van der Waals surface area (Å²) in [4.78, 5) is 23.0. The first-order valence-electron chi connectivity index (χ1n) is 6.57. The second kappa shape index (κ2) is 5.58. The molecule has 0 saturated carbocycles. The van der Waals surface area contributed by atoms with Crippen LogP contribution in [0.4, 0.5) is 0 Å². The van der Waals surface area contributed by atoms with Crippen molar-refractivity contribution in [2.75, 3.05) is 0 Å². The average molecular weight is 278 g/mol. The van der Waals surface area contributed by atoms with Gasteiger partial charge in [0.25, 0.3) is 0 Å². The summed E-state index contributed by atoms with van der Waals surface area (Å²) in [5.74, 6) is 0.306. The van der Waals surface area contributed by atoms with Gasteiger partial charge in [0.2, 0.25) is 5.91 Å². The maximum atomic E-state index is 11.0. The van der Waals surface area contributed by atoms with E-state index >= 15 is 0 Å². The summed E-state index contributed by atoms with van der Waals surface area (Å²) < 4.78 is 0. The summed E-state index contributed by atoms with van der Waals surface area (Å²) >= 11 is 0. The summed E-state index contributed by atoms with van der Waals surface area (Å²) in [6.07, 6.45) is 4.21. The third kappa shape index (κ3) is 2.97. The fraction of sp³-hybridized carbons (Fsp3) is 0.0625. The van der Waals surface area contributed by atoms with E-state index in [1.54, 1.807) is 18.3 Å². The number of nitrogens with two attached hydrogens (primary N) is 1. The van der Waals surface area contributed by atoms with E-state index in [9.17, 15) is 4.79 Å². The molecule has 0 spiro atoms. The van der Waals surface area contributed by atoms with E-state index in [1.165, 1.54) is 0 Å². The first-order chi connectivity index (χ1) is 10.2. The van der Waals surface area contributed by atoms with Crippen LogP contribution in [-0.2, 0) is 6.42 Å². The molecule has 3 rings (SSSR count). The second-order valence-corrected chi connectivity index (χ2v) is 4.68. The Morgan fingerprint density at radius 3 is 2.62 bits per heavy atom. The van der Waals surface area contributed by atoms with E-state index in [-0.39, 0.29) is 0 Å². The van der Waals surface area contributed by atoms with Crippen molar-refractivity contribution in [2.45, 2.75) is 6.42 Å². The molecule has 3 N–H and O–H groups in total. The molecule has 0 aliphatic rings. The number of carbonyl (C=O) groups is 1. The van der Waals surface area contributed by atoms with E-state index in [2.05, 4.69) is 15.0 Å². The van der Waals surface area contributed by atoms with Crippen LogP contribution < -0.4 is 5.73 Å². The van der Waals surface area contributed by atoms with Gasteiger partial charge >= 0.3 is 0 Å². The van der Waals surface area contributed by atoms with Gasteiger partial charge in [0, 0.05) is 24.4 Å². The summed E-state index contributed by atoms with van der Waals surface area (Å²) in [6, 6.07) is 12.9. The molecule has 1 amide bonds. The Bertz CT molecular complexity index is 748. The first-order valence-corrected chi connectivity index (χ1v) is 6.57. The Hall–Kier alpha value is -2.95. The van der Waals surface area contributed by atoms with Crippen LogP contribution in [0.2, 0.25) is 0 Å². The third-order valence-electron chi connectivity index (χ3n) is 3.18. The molecule has 21 heavy (non-hydrogen) atoms. The molecule has 0 bridgehead atoms. The summed E-state index contributed by atoms with van der Waals surface area (Å²) in [5, 5.41) is 0. The monoisotopic (exact) mass is 278 g/mol. The molecule has 0 aliphatic heterocycles.